The number of carbonyl (C=O) groups is 1. The molecule has 4 rings (SSSR count). The van der Waals surface area contributed by atoms with Gasteiger partial charge in [0, 0.05) is 10.9 Å². The Kier molecular flexibility index (Phi) is 3.80. The molecule has 0 unspecified atom stereocenters. The average Bonchev–Trinajstić information content (AvgIpc) is 2.99. The molecule has 0 aliphatic rings. The third-order valence-electron chi connectivity index (χ3n) is 4.45. The van der Waals surface area contributed by atoms with Crippen LogP contribution in [-0.4, -0.2) is 15.9 Å². The molecule has 0 saturated carbocycles. The van der Waals surface area contributed by atoms with Gasteiger partial charge in [0.15, 0.2) is 5.82 Å². The lowest BCUT2D eigenvalue weighted by Gasteiger charge is -2.12. The van der Waals surface area contributed by atoms with E-state index in [1.54, 1.807) is 24.3 Å². The van der Waals surface area contributed by atoms with Gasteiger partial charge in [-0.2, -0.15) is 0 Å². The second-order valence-corrected chi connectivity index (χ2v) is 6.21. The van der Waals surface area contributed by atoms with Crippen molar-refractivity contribution in [1.82, 2.24) is 15.3 Å². The molecule has 6 heteroatoms. The number of hydrogen-bond acceptors (Lipinski definition) is 4. The summed E-state index contributed by atoms with van der Waals surface area (Å²) < 4.78 is 5.88. The van der Waals surface area contributed by atoms with Crippen molar-refractivity contribution in [2.24, 2.45) is 0 Å². The highest BCUT2D eigenvalue weighted by atomic mass is 16.3. The number of rotatable bonds is 3. The van der Waals surface area contributed by atoms with E-state index in [0.717, 1.165) is 16.5 Å². The van der Waals surface area contributed by atoms with E-state index in [4.69, 9.17) is 4.42 Å². The molecule has 0 radical (unpaired) electrons. The van der Waals surface area contributed by atoms with Crippen LogP contribution < -0.4 is 10.9 Å². The molecule has 0 bridgehead atoms. The van der Waals surface area contributed by atoms with Gasteiger partial charge >= 0.3 is 0 Å². The van der Waals surface area contributed by atoms with Gasteiger partial charge in [-0.15, -0.1) is 0 Å². The number of aryl methyl sites for hydroxylation is 1. The van der Waals surface area contributed by atoms with Crippen molar-refractivity contribution in [2.45, 2.75) is 19.9 Å². The number of hydrogen-bond donors (Lipinski definition) is 2. The number of nitrogens with zero attached hydrogens (tertiary/aromatic N) is 1. The van der Waals surface area contributed by atoms with Gasteiger partial charge in [-0.1, -0.05) is 30.3 Å². The maximum Gasteiger partial charge on any atom is 0.287 e. The number of aromatic amines is 1. The molecule has 6 nitrogen and oxygen atoms in total. The molecule has 1 atom stereocenters. The first-order valence-electron chi connectivity index (χ1n) is 8.32. The summed E-state index contributed by atoms with van der Waals surface area (Å²) in [5.41, 5.74) is 1.90. The third-order valence-corrected chi connectivity index (χ3v) is 4.45. The van der Waals surface area contributed by atoms with Crippen LogP contribution >= 0.6 is 0 Å². The Balaban J connectivity index is 1.65. The molecule has 2 aromatic heterocycles. The van der Waals surface area contributed by atoms with Crippen molar-refractivity contribution in [3.8, 4) is 0 Å². The summed E-state index contributed by atoms with van der Waals surface area (Å²) in [5.74, 6) is 0.206. The predicted molar refractivity (Wildman–Crippen MR) is 99.2 cm³/mol. The Morgan fingerprint density at radius 2 is 1.81 bits per heavy atom. The van der Waals surface area contributed by atoms with Gasteiger partial charge in [0.1, 0.15) is 11.3 Å². The van der Waals surface area contributed by atoms with Crippen LogP contribution in [0.15, 0.2) is 57.7 Å². The molecule has 2 heterocycles. The summed E-state index contributed by atoms with van der Waals surface area (Å²) in [5, 5.41) is 4.30. The van der Waals surface area contributed by atoms with Crippen molar-refractivity contribution < 1.29 is 9.21 Å². The number of benzene rings is 2. The summed E-state index contributed by atoms with van der Waals surface area (Å²) in [7, 11) is 0. The molecule has 0 spiro atoms. The van der Waals surface area contributed by atoms with Crippen molar-refractivity contribution in [3.63, 3.8) is 0 Å². The number of fused-ring (bicyclic) bond motifs is 2. The maximum absolute atomic E-state index is 12.6. The van der Waals surface area contributed by atoms with Gasteiger partial charge < -0.3 is 14.7 Å². The van der Waals surface area contributed by atoms with E-state index in [9.17, 15) is 9.59 Å². The Labute approximate surface area is 148 Å². The lowest BCUT2D eigenvalue weighted by atomic mass is 10.1. The van der Waals surface area contributed by atoms with Crippen molar-refractivity contribution >= 4 is 27.8 Å². The summed E-state index contributed by atoms with van der Waals surface area (Å²) >= 11 is 0. The molecular weight excluding hydrogens is 330 g/mol. The average molecular weight is 347 g/mol. The molecule has 26 heavy (non-hydrogen) atoms. The first-order valence-corrected chi connectivity index (χ1v) is 8.32. The van der Waals surface area contributed by atoms with Crippen LogP contribution in [0, 0.1) is 6.92 Å². The zero-order chi connectivity index (χ0) is 18.3. The Morgan fingerprint density at radius 1 is 1.12 bits per heavy atom. The minimum atomic E-state index is -0.458. The topological polar surface area (TPSA) is 88.0 Å². The smallest absolute Gasteiger partial charge is 0.287 e. The minimum Gasteiger partial charge on any atom is -0.459 e. The number of aromatic nitrogens is 2. The zero-order valence-corrected chi connectivity index (χ0v) is 14.4. The van der Waals surface area contributed by atoms with Gasteiger partial charge in [0.2, 0.25) is 0 Å². The lowest BCUT2D eigenvalue weighted by molar-refractivity contribution is 0.0925. The number of para-hydroxylation sites is 2. The fourth-order valence-corrected chi connectivity index (χ4v) is 3.13. The number of furan rings is 1. The van der Waals surface area contributed by atoms with E-state index in [1.807, 2.05) is 38.1 Å². The Hall–Kier alpha value is -3.41. The van der Waals surface area contributed by atoms with Crippen LogP contribution in [0.5, 0.6) is 0 Å². The van der Waals surface area contributed by atoms with Crippen LogP contribution in [0.4, 0.5) is 0 Å². The van der Waals surface area contributed by atoms with Crippen molar-refractivity contribution in [1.29, 1.82) is 0 Å². The molecule has 4 aromatic rings. The van der Waals surface area contributed by atoms with Crippen LogP contribution in [0.3, 0.4) is 0 Å². The standard InChI is InChI=1S/C20H17N3O3/c1-11-13-7-4-6-10-16(13)26-17(11)12(2)21-20(25)18-22-15-9-5-3-8-14(15)19(24)23-18/h3-10,12H,1-2H3,(H,21,25)(H,22,23,24)/t12-/m1/s1. The van der Waals surface area contributed by atoms with Gasteiger partial charge in [-0.25, -0.2) is 4.98 Å². The highest BCUT2D eigenvalue weighted by Gasteiger charge is 2.20. The number of amides is 1. The fourth-order valence-electron chi connectivity index (χ4n) is 3.13. The summed E-state index contributed by atoms with van der Waals surface area (Å²) in [4.78, 5) is 31.5. The fraction of sp³-hybridized carbons (Fsp3) is 0.150. The van der Waals surface area contributed by atoms with Crippen LogP contribution in [0.1, 0.15) is 34.9 Å². The van der Waals surface area contributed by atoms with Gasteiger partial charge in [-0.3, -0.25) is 9.59 Å². The van der Waals surface area contributed by atoms with Gasteiger partial charge in [-0.05, 0) is 32.0 Å². The SMILES string of the molecule is Cc1c([C@@H](C)NC(=O)c2nc3ccccc3c(=O)[nH]2)oc2ccccc12. The second-order valence-electron chi connectivity index (χ2n) is 6.21. The third kappa shape index (κ3) is 2.65. The summed E-state index contributed by atoms with van der Waals surface area (Å²) in [6.07, 6.45) is 0. The molecule has 130 valence electrons. The summed E-state index contributed by atoms with van der Waals surface area (Å²) in [6.45, 7) is 3.79. The monoisotopic (exact) mass is 347 g/mol. The van der Waals surface area contributed by atoms with Crippen molar-refractivity contribution in [2.75, 3.05) is 0 Å². The normalized spacial score (nSPS) is 12.4. The van der Waals surface area contributed by atoms with E-state index in [1.165, 1.54) is 0 Å². The number of nitrogens with one attached hydrogen (secondary N) is 2. The van der Waals surface area contributed by atoms with Gasteiger partial charge in [0.25, 0.3) is 11.5 Å². The van der Waals surface area contributed by atoms with E-state index in [2.05, 4.69) is 15.3 Å². The van der Waals surface area contributed by atoms with E-state index >= 15 is 0 Å². The molecule has 2 aromatic carbocycles. The lowest BCUT2D eigenvalue weighted by Crippen LogP contribution is -2.30. The largest absolute Gasteiger partial charge is 0.459 e. The van der Waals surface area contributed by atoms with E-state index in [-0.39, 0.29) is 17.4 Å². The quantitative estimate of drug-likeness (QED) is 0.594. The Bertz CT molecular complexity index is 1190. The molecular formula is C20H17N3O3. The molecule has 1 amide bonds. The van der Waals surface area contributed by atoms with E-state index in [0.29, 0.717) is 16.7 Å². The predicted octanol–water partition coefficient (Wildman–Crippen LogP) is 3.47. The number of H-pyrrole nitrogens is 1. The maximum atomic E-state index is 12.6. The summed E-state index contributed by atoms with van der Waals surface area (Å²) in [6, 6.07) is 14.3. The molecule has 0 aliphatic heterocycles. The first-order chi connectivity index (χ1) is 12.5. The number of carbonyl (C=O) groups excluding carboxylic acids is 1. The molecule has 0 aliphatic carbocycles. The highest BCUT2D eigenvalue weighted by Crippen LogP contribution is 2.29. The van der Waals surface area contributed by atoms with Crippen LogP contribution in [-0.2, 0) is 0 Å². The van der Waals surface area contributed by atoms with Crippen LogP contribution in [0.2, 0.25) is 0 Å². The second kappa shape index (κ2) is 6.15. The molecule has 0 saturated heterocycles. The van der Waals surface area contributed by atoms with Crippen molar-refractivity contribution in [3.05, 3.63) is 76.0 Å². The molecule has 0 fully saturated rings. The van der Waals surface area contributed by atoms with E-state index < -0.39 is 5.91 Å². The van der Waals surface area contributed by atoms with Crippen LogP contribution in [0.25, 0.3) is 21.9 Å². The Morgan fingerprint density at radius 3 is 2.58 bits per heavy atom. The highest BCUT2D eigenvalue weighted by molar-refractivity contribution is 5.93. The first kappa shape index (κ1) is 16.1. The van der Waals surface area contributed by atoms with Gasteiger partial charge in [0.05, 0.1) is 16.9 Å². The zero-order valence-electron chi connectivity index (χ0n) is 14.4. The molecule has 2 N–H and O–H groups in total. The minimum absolute atomic E-state index is 0.0192.